The number of hydrogen-bond acceptors (Lipinski definition) is 2. The molecule has 3 aliphatic heterocycles. The summed E-state index contributed by atoms with van der Waals surface area (Å²) in [5, 5.41) is 0. The molecule has 2 bridgehead atoms. The number of piperidine rings is 3. The van der Waals surface area contributed by atoms with Crippen LogP contribution >= 0.6 is 0 Å². The van der Waals surface area contributed by atoms with Crippen molar-refractivity contribution in [1.29, 1.82) is 0 Å². The molecule has 0 spiro atoms. The second kappa shape index (κ2) is 7.46. The first-order chi connectivity index (χ1) is 14.2. The highest BCUT2D eigenvalue weighted by Gasteiger charge is 2.47. The van der Waals surface area contributed by atoms with E-state index in [0.29, 0.717) is 5.92 Å². The molecule has 0 saturated carbocycles. The number of aryl methyl sites for hydroxylation is 2. The third kappa shape index (κ3) is 3.32. The molecule has 3 heteroatoms. The predicted molar refractivity (Wildman–Crippen MR) is 115 cm³/mol. The lowest BCUT2D eigenvalue weighted by molar-refractivity contribution is -0.941. The van der Waals surface area contributed by atoms with Crippen LogP contribution in [0.4, 0.5) is 0 Å². The molecule has 0 N–H and O–H groups in total. The normalized spacial score (nSPS) is 28.1. The Kier molecular flexibility index (Phi) is 4.79. The fraction of sp³-hybridized carbons (Fsp3) is 0.423. The van der Waals surface area contributed by atoms with Gasteiger partial charge in [0.1, 0.15) is 12.5 Å². The quantitative estimate of drug-likeness (QED) is 0.445. The molecule has 1 aliphatic carbocycles. The van der Waals surface area contributed by atoms with Crippen LogP contribution in [0.25, 0.3) is 0 Å². The van der Waals surface area contributed by atoms with Gasteiger partial charge in [0.25, 0.3) is 0 Å². The molecule has 1 atom stereocenters. The van der Waals surface area contributed by atoms with E-state index in [1.807, 2.05) is 18.2 Å². The van der Waals surface area contributed by atoms with E-state index in [1.54, 1.807) is 0 Å². The zero-order chi connectivity index (χ0) is 19.8. The van der Waals surface area contributed by atoms with Crippen LogP contribution in [-0.4, -0.2) is 42.7 Å². The zero-order valence-corrected chi connectivity index (χ0v) is 17.1. The zero-order valence-electron chi connectivity index (χ0n) is 17.1. The summed E-state index contributed by atoms with van der Waals surface area (Å²) >= 11 is 0. The number of quaternary nitrogens is 1. The molecule has 0 unspecified atom stereocenters. The van der Waals surface area contributed by atoms with E-state index in [1.165, 1.54) is 24.2 Å². The SMILES string of the molecule is C=CC[N+]12CCC(CC1)[C@@H](OC(=O)C1c3ccccc3CCc3ccccc31)C2. The first-order valence-electron chi connectivity index (χ1n) is 11.0. The summed E-state index contributed by atoms with van der Waals surface area (Å²) in [6, 6.07) is 16.8. The highest BCUT2D eigenvalue weighted by atomic mass is 16.5. The molecule has 3 nitrogen and oxygen atoms in total. The Morgan fingerprint density at radius 3 is 2.17 bits per heavy atom. The van der Waals surface area contributed by atoms with Gasteiger partial charge in [0.2, 0.25) is 0 Å². The second-order valence-electron chi connectivity index (χ2n) is 9.09. The van der Waals surface area contributed by atoms with E-state index in [9.17, 15) is 4.79 Å². The Balaban J connectivity index is 1.46. The molecule has 6 rings (SSSR count). The Hall–Kier alpha value is -2.39. The molecule has 2 aromatic rings. The first-order valence-corrected chi connectivity index (χ1v) is 11.0. The van der Waals surface area contributed by atoms with Crippen molar-refractivity contribution >= 4 is 5.97 Å². The van der Waals surface area contributed by atoms with Gasteiger partial charge in [0, 0.05) is 18.8 Å². The smallest absolute Gasteiger partial charge is 0.318 e. The number of nitrogens with zero attached hydrogens (tertiary/aromatic N) is 1. The van der Waals surface area contributed by atoms with Crippen LogP contribution in [0.1, 0.15) is 41.0 Å². The summed E-state index contributed by atoms with van der Waals surface area (Å²) in [6.45, 7) is 8.28. The summed E-state index contributed by atoms with van der Waals surface area (Å²) in [7, 11) is 0. The van der Waals surface area contributed by atoms with Crippen LogP contribution < -0.4 is 0 Å². The Morgan fingerprint density at radius 1 is 1.00 bits per heavy atom. The topological polar surface area (TPSA) is 26.3 Å². The number of carbonyl (C=O) groups is 1. The molecule has 0 aromatic heterocycles. The maximum atomic E-state index is 13.6. The maximum Gasteiger partial charge on any atom is 0.318 e. The van der Waals surface area contributed by atoms with Crippen molar-refractivity contribution in [1.82, 2.24) is 0 Å². The summed E-state index contributed by atoms with van der Waals surface area (Å²) in [4.78, 5) is 13.6. The molecule has 0 amide bonds. The van der Waals surface area contributed by atoms with Gasteiger partial charge in [-0.3, -0.25) is 4.79 Å². The van der Waals surface area contributed by atoms with Crippen LogP contribution in [0.3, 0.4) is 0 Å². The standard InChI is InChI=1S/C26H30NO2/c1-2-15-27-16-13-21(14-17-27)24(18-27)29-26(28)25-22-9-5-3-7-19(22)11-12-20-8-4-6-10-23(20)25/h2-10,21,24-25H,1,11-18H2/q+1/t21?,24-,27?/m0/s1. The first kappa shape index (κ1) is 18.6. The number of carbonyl (C=O) groups excluding carboxylic acids is 1. The van der Waals surface area contributed by atoms with Gasteiger partial charge < -0.3 is 9.22 Å². The highest BCUT2D eigenvalue weighted by Crippen LogP contribution is 2.39. The molecule has 3 fully saturated rings. The summed E-state index contributed by atoms with van der Waals surface area (Å²) in [6.07, 6.45) is 6.33. The van der Waals surface area contributed by atoms with Crippen molar-refractivity contribution < 1.29 is 14.0 Å². The lowest BCUT2D eigenvalue weighted by Crippen LogP contribution is -2.64. The lowest BCUT2D eigenvalue weighted by Gasteiger charge is -2.51. The van der Waals surface area contributed by atoms with Gasteiger partial charge in [-0.25, -0.2) is 0 Å². The van der Waals surface area contributed by atoms with E-state index in [-0.39, 0.29) is 18.0 Å². The van der Waals surface area contributed by atoms with Crippen LogP contribution in [0.5, 0.6) is 0 Å². The Bertz CT molecular complexity index is 878. The summed E-state index contributed by atoms with van der Waals surface area (Å²) in [5.41, 5.74) is 4.79. The Labute approximate surface area is 173 Å². The number of esters is 1. The van der Waals surface area contributed by atoms with Crippen molar-refractivity contribution in [3.63, 3.8) is 0 Å². The van der Waals surface area contributed by atoms with E-state index in [4.69, 9.17) is 4.74 Å². The highest BCUT2D eigenvalue weighted by molar-refractivity contribution is 5.84. The van der Waals surface area contributed by atoms with E-state index in [0.717, 1.165) is 54.4 Å². The number of hydrogen-bond donors (Lipinski definition) is 0. The average Bonchev–Trinajstić information content (AvgIpc) is 2.91. The van der Waals surface area contributed by atoms with Gasteiger partial charge in [-0.05, 0) is 41.2 Å². The van der Waals surface area contributed by atoms with E-state index in [2.05, 4.69) is 43.0 Å². The molecular formula is C26H30NO2+. The van der Waals surface area contributed by atoms with Gasteiger partial charge >= 0.3 is 5.97 Å². The third-order valence-corrected chi connectivity index (χ3v) is 7.46. The maximum absolute atomic E-state index is 13.6. The minimum atomic E-state index is -0.312. The van der Waals surface area contributed by atoms with Crippen molar-refractivity contribution in [2.24, 2.45) is 5.92 Å². The van der Waals surface area contributed by atoms with Crippen molar-refractivity contribution in [2.75, 3.05) is 26.2 Å². The summed E-state index contributed by atoms with van der Waals surface area (Å²) < 4.78 is 7.35. The fourth-order valence-corrected chi connectivity index (χ4v) is 5.88. The minimum absolute atomic E-state index is 0.0347. The molecule has 29 heavy (non-hydrogen) atoms. The van der Waals surface area contributed by atoms with Gasteiger partial charge in [0.15, 0.2) is 6.10 Å². The van der Waals surface area contributed by atoms with Crippen LogP contribution in [0.15, 0.2) is 61.2 Å². The average molecular weight is 389 g/mol. The van der Waals surface area contributed by atoms with E-state index < -0.39 is 0 Å². The number of rotatable bonds is 4. The Morgan fingerprint density at radius 2 is 1.59 bits per heavy atom. The molecule has 150 valence electrons. The van der Waals surface area contributed by atoms with Crippen LogP contribution in [-0.2, 0) is 22.4 Å². The van der Waals surface area contributed by atoms with Gasteiger partial charge in [-0.1, -0.05) is 55.1 Å². The molecule has 3 saturated heterocycles. The van der Waals surface area contributed by atoms with E-state index >= 15 is 0 Å². The van der Waals surface area contributed by atoms with Crippen molar-refractivity contribution in [3.05, 3.63) is 83.4 Å². The van der Waals surface area contributed by atoms with Crippen LogP contribution in [0, 0.1) is 5.92 Å². The molecule has 2 aromatic carbocycles. The molecule has 3 heterocycles. The van der Waals surface area contributed by atoms with Gasteiger partial charge in [-0.15, -0.1) is 0 Å². The predicted octanol–water partition coefficient (Wildman–Crippen LogP) is 4.26. The minimum Gasteiger partial charge on any atom is -0.455 e. The van der Waals surface area contributed by atoms with Gasteiger partial charge in [0.05, 0.1) is 19.6 Å². The number of benzene rings is 2. The molecule has 4 aliphatic rings. The molecule has 0 radical (unpaired) electrons. The summed E-state index contributed by atoms with van der Waals surface area (Å²) in [5.74, 6) is 0.135. The van der Waals surface area contributed by atoms with Crippen molar-refractivity contribution in [2.45, 2.75) is 37.7 Å². The second-order valence-corrected chi connectivity index (χ2v) is 9.09. The number of fused-ring (bicyclic) bond motifs is 5. The number of ether oxygens (including phenoxy) is 1. The molecular weight excluding hydrogens is 358 g/mol. The third-order valence-electron chi connectivity index (χ3n) is 7.46. The van der Waals surface area contributed by atoms with Crippen molar-refractivity contribution in [3.8, 4) is 0 Å². The van der Waals surface area contributed by atoms with Crippen LogP contribution in [0.2, 0.25) is 0 Å². The monoisotopic (exact) mass is 388 g/mol. The van der Waals surface area contributed by atoms with Gasteiger partial charge in [-0.2, -0.15) is 0 Å². The fourth-order valence-electron chi connectivity index (χ4n) is 5.88. The lowest BCUT2D eigenvalue weighted by atomic mass is 9.82. The largest absolute Gasteiger partial charge is 0.455 e.